The van der Waals surface area contributed by atoms with Crippen LogP contribution >= 0.6 is 0 Å². The molecule has 43 heavy (non-hydrogen) atoms. The normalized spacial score (nSPS) is 33.0. The van der Waals surface area contributed by atoms with E-state index in [2.05, 4.69) is 0 Å². The van der Waals surface area contributed by atoms with Crippen LogP contribution in [0.4, 0.5) is 0 Å². The van der Waals surface area contributed by atoms with Crippen molar-refractivity contribution < 1.29 is 74.8 Å². The molecule has 2 saturated heterocycles. The van der Waals surface area contributed by atoms with E-state index in [4.69, 9.17) is 18.6 Å². The summed E-state index contributed by atoms with van der Waals surface area (Å²) >= 11 is 0. The second kappa shape index (κ2) is 11.9. The Morgan fingerprint density at radius 3 is 1.93 bits per heavy atom. The van der Waals surface area contributed by atoms with Gasteiger partial charge in [0.05, 0.1) is 18.8 Å². The van der Waals surface area contributed by atoms with E-state index in [0.29, 0.717) is 0 Å². The van der Waals surface area contributed by atoms with Crippen LogP contribution in [0.1, 0.15) is 11.7 Å². The minimum absolute atomic E-state index is 0.119. The zero-order valence-corrected chi connectivity index (χ0v) is 22.0. The van der Waals surface area contributed by atoms with E-state index in [1.54, 1.807) is 0 Å². The van der Waals surface area contributed by atoms with Crippen molar-refractivity contribution in [3.05, 3.63) is 46.1 Å². The van der Waals surface area contributed by atoms with Crippen molar-refractivity contribution >= 4 is 11.0 Å². The maximum atomic E-state index is 13.9. The van der Waals surface area contributed by atoms with Crippen LogP contribution in [0.3, 0.4) is 0 Å². The van der Waals surface area contributed by atoms with Crippen molar-refractivity contribution in [1.82, 2.24) is 0 Å². The number of hydrogen-bond acceptors (Lipinski definition) is 16. The zero-order chi connectivity index (χ0) is 31.3. The second-order valence-electron chi connectivity index (χ2n) is 10.2. The van der Waals surface area contributed by atoms with Crippen LogP contribution in [0.25, 0.3) is 22.3 Å². The standard InChI is InChI=1S/C27H30O16/c28-6-12-16(32)20(36)22(38)25(41-12)14-10(31)5-11-15(18(14)34)19(35)26(24(40-11)8-1-3-9(30)4-2-8)43-27-23(39)21(37)17(33)13(7-29)42-27/h1-5,12-13,16-17,20-23,25,27-34,36-39H,6-7H2/t12-,13-,16-,17-,20+,21-,22-,23-,25+,27+/m1/s1. The number of aromatic hydroxyl groups is 3. The summed E-state index contributed by atoms with van der Waals surface area (Å²) in [4.78, 5) is 13.9. The SMILES string of the molecule is O=c1c(O[C@@H]2O[C@H](CO)[C@@H](O)[C@@H](O)[C@H]2O)c(-c2ccc(O)cc2)oc2cc(O)c([C@@H]3O[C@H](CO)[C@@H](O)[C@H](O)[C@H]3O)c(O)c12. The molecule has 11 N–H and O–H groups in total. The fourth-order valence-electron chi connectivity index (χ4n) is 5.13. The maximum absolute atomic E-state index is 13.9. The average Bonchev–Trinajstić information content (AvgIpc) is 2.98. The van der Waals surface area contributed by atoms with Crippen LogP contribution in [0.15, 0.2) is 39.5 Å². The van der Waals surface area contributed by atoms with Gasteiger partial charge in [-0.15, -0.1) is 0 Å². The highest BCUT2D eigenvalue weighted by Gasteiger charge is 2.47. The van der Waals surface area contributed by atoms with Gasteiger partial charge in [0.15, 0.2) is 5.76 Å². The van der Waals surface area contributed by atoms with E-state index >= 15 is 0 Å². The number of hydrogen-bond donors (Lipinski definition) is 11. The molecule has 2 aliphatic rings. The van der Waals surface area contributed by atoms with Gasteiger partial charge in [0.1, 0.15) is 83.2 Å². The molecule has 0 bridgehead atoms. The van der Waals surface area contributed by atoms with Gasteiger partial charge in [0.2, 0.25) is 17.5 Å². The summed E-state index contributed by atoms with van der Waals surface area (Å²) < 4.78 is 22.3. The average molecular weight is 611 g/mol. The third kappa shape index (κ3) is 5.27. The highest BCUT2D eigenvalue weighted by atomic mass is 16.7. The third-order valence-electron chi connectivity index (χ3n) is 7.52. The van der Waals surface area contributed by atoms with E-state index in [-0.39, 0.29) is 17.1 Å². The summed E-state index contributed by atoms with van der Waals surface area (Å²) in [6, 6.07) is 6.03. The molecular weight excluding hydrogens is 580 g/mol. The molecule has 10 atom stereocenters. The minimum atomic E-state index is -1.95. The summed E-state index contributed by atoms with van der Waals surface area (Å²) in [6.07, 6.45) is -17.6. The van der Waals surface area contributed by atoms with E-state index in [1.165, 1.54) is 24.3 Å². The predicted molar refractivity (Wildman–Crippen MR) is 140 cm³/mol. The Morgan fingerprint density at radius 1 is 0.744 bits per heavy atom. The molecule has 0 spiro atoms. The first-order chi connectivity index (χ1) is 20.4. The summed E-state index contributed by atoms with van der Waals surface area (Å²) in [7, 11) is 0. The van der Waals surface area contributed by atoms with Crippen molar-refractivity contribution in [1.29, 1.82) is 0 Å². The van der Waals surface area contributed by atoms with Crippen LogP contribution < -0.4 is 10.2 Å². The predicted octanol–water partition coefficient (Wildman–Crippen LogP) is -2.73. The summed E-state index contributed by atoms with van der Waals surface area (Å²) in [5, 5.41) is 112. The van der Waals surface area contributed by atoms with Gasteiger partial charge < -0.3 is 74.8 Å². The summed E-state index contributed by atoms with van der Waals surface area (Å²) in [6.45, 7) is -1.61. The lowest BCUT2D eigenvalue weighted by atomic mass is 9.89. The van der Waals surface area contributed by atoms with Crippen LogP contribution in [0.5, 0.6) is 23.0 Å². The van der Waals surface area contributed by atoms with E-state index in [1.807, 2.05) is 0 Å². The topological polar surface area (TPSA) is 280 Å². The van der Waals surface area contributed by atoms with Crippen LogP contribution in [0, 0.1) is 0 Å². The van der Waals surface area contributed by atoms with Crippen molar-refractivity contribution in [2.75, 3.05) is 13.2 Å². The minimum Gasteiger partial charge on any atom is -0.508 e. The first-order valence-electron chi connectivity index (χ1n) is 13.0. The second-order valence-corrected chi connectivity index (χ2v) is 10.2. The number of phenols is 3. The Balaban J connectivity index is 1.70. The molecule has 3 aromatic rings. The fraction of sp³-hybridized carbons (Fsp3) is 0.444. The Hall–Kier alpha value is -3.55. The van der Waals surface area contributed by atoms with Crippen molar-refractivity contribution in [2.24, 2.45) is 0 Å². The molecule has 16 nitrogen and oxygen atoms in total. The first kappa shape index (κ1) is 30.9. The Labute approximate surface area is 241 Å². The Kier molecular flexibility index (Phi) is 8.52. The van der Waals surface area contributed by atoms with Gasteiger partial charge in [-0.05, 0) is 24.3 Å². The molecular formula is C27H30O16. The molecule has 234 valence electrons. The van der Waals surface area contributed by atoms with Gasteiger partial charge in [-0.3, -0.25) is 4.79 Å². The number of phenolic OH excluding ortho intramolecular Hbond substituents is 3. The molecule has 1 aromatic heterocycles. The smallest absolute Gasteiger partial charge is 0.239 e. The van der Waals surface area contributed by atoms with E-state index < -0.39 is 114 Å². The van der Waals surface area contributed by atoms with Crippen LogP contribution in [-0.4, -0.2) is 125 Å². The summed E-state index contributed by atoms with van der Waals surface area (Å²) in [5.41, 5.74) is -2.04. The van der Waals surface area contributed by atoms with Gasteiger partial charge in [0, 0.05) is 11.6 Å². The Bertz CT molecular complexity index is 1520. The molecule has 5 rings (SSSR count). The number of fused-ring (bicyclic) bond motifs is 1. The Morgan fingerprint density at radius 2 is 1.33 bits per heavy atom. The molecule has 0 radical (unpaired) electrons. The maximum Gasteiger partial charge on any atom is 0.239 e. The van der Waals surface area contributed by atoms with Gasteiger partial charge in [-0.1, -0.05) is 0 Å². The number of benzene rings is 2. The third-order valence-corrected chi connectivity index (χ3v) is 7.52. The van der Waals surface area contributed by atoms with Crippen molar-refractivity contribution in [3.8, 4) is 34.3 Å². The van der Waals surface area contributed by atoms with Crippen molar-refractivity contribution in [2.45, 2.75) is 61.2 Å². The molecule has 0 amide bonds. The lowest BCUT2D eigenvalue weighted by Gasteiger charge is -2.40. The van der Waals surface area contributed by atoms with Gasteiger partial charge in [-0.25, -0.2) is 0 Å². The summed E-state index contributed by atoms with van der Waals surface area (Å²) in [5.74, 6) is -2.99. The molecule has 3 heterocycles. The number of ether oxygens (including phenoxy) is 3. The fourth-order valence-corrected chi connectivity index (χ4v) is 5.13. The van der Waals surface area contributed by atoms with Crippen LogP contribution in [-0.2, 0) is 9.47 Å². The molecule has 0 aliphatic carbocycles. The largest absolute Gasteiger partial charge is 0.508 e. The highest BCUT2D eigenvalue weighted by Crippen LogP contribution is 2.46. The molecule has 0 saturated carbocycles. The quantitative estimate of drug-likeness (QED) is 0.135. The molecule has 2 fully saturated rings. The number of rotatable bonds is 6. The first-order valence-corrected chi connectivity index (χ1v) is 13.0. The molecule has 2 aliphatic heterocycles. The van der Waals surface area contributed by atoms with Gasteiger partial charge >= 0.3 is 0 Å². The lowest BCUT2D eigenvalue weighted by molar-refractivity contribution is -0.277. The van der Waals surface area contributed by atoms with Gasteiger partial charge in [0.25, 0.3) is 0 Å². The molecule has 2 aromatic carbocycles. The van der Waals surface area contributed by atoms with Gasteiger partial charge in [-0.2, -0.15) is 0 Å². The van der Waals surface area contributed by atoms with E-state index in [0.717, 1.165) is 6.07 Å². The highest BCUT2D eigenvalue weighted by molar-refractivity contribution is 5.90. The van der Waals surface area contributed by atoms with E-state index in [9.17, 15) is 61.0 Å². The lowest BCUT2D eigenvalue weighted by Crippen LogP contribution is -2.60. The van der Waals surface area contributed by atoms with Crippen LogP contribution in [0.2, 0.25) is 0 Å². The number of aliphatic hydroxyl groups excluding tert-OH is 8. The number of aliphatic hydroxyl groups is 8. The zero-order valence-electron chi connectivity index (χ0n) is 22.0. The molecule has 16 heteroatoms. The molecule has 0 unspecified atom stereocenters. The van der Waals surface area contributed by atoms with Crippen molar-refractivity contribution in [3.63, 3.8) is 0 Å². The monoisotopic (exact) mass is 610 g/mol.